The number of likely N-dealkylation sites (N-methyl/N-ethyl adjacent to an activating group) is 1. The maximum absolute atomic E-state index is 11.9. The molecular weight excluding hydrogens is 194 g/mol. The number of rotatable bonds is 3. The van der Waals surface area contributed by atoms with Crippen molar-refractivity contribution in [3.63, 3.8) is 0 Å². The lowest BCUT2D eigenvalue weighted by Gasteiger charge is -2.23. The number of aliphatic hydroxyl groups is 1. The van der Waals surface area contributed by atoms with Crippen molar-refractivity contribution in [2.75, 3.05) is 19.4 Å². The number of hydrogen-bond acceptors (Lipinski definition) is 4. The second kappa shape index (κ2) is 4.75. The average molecular weight is 209 g/mol. The molecule has 1 atom stereocenters. The van der Waals surface area contributed by atoms with Crippen LogP contribution >= 0.6 is 0 Å². The molecule has 1 rings (SSSR count). The van der Waals surface area contributed by atoms with Gasteiger partial charge in [0.1, 0.15) is 0 Å². The van der Waals surface area contributed by atoms with Crippen molar-refractivity contribution in [1.82, 2.24) is 9.88 Å². The zero-order valence-electron chi connectivity index (χ0n) is 8.84. The van der Waals surface area contributed by atoms with Crippen LogP contribution in [0.15, 0.2) is 18.5 Å². The maximum atomic E-state index is 11.9. The zero-order valence-corrected chi connectivity index (χ0v) is 8.84. The first kappa shape index (κ1) is 11.5. The molecule has 0 aliphatic heterocycles. The molecule has 5 nitrogen and oxygen atoms in total. The van der Waals surface area contributed by atoms with Gasteiger partial charge in [0.25, 0.3) is 5.91 Å². The molecule has 0 spiro atoms. The summed E-state index contributed by atoms with van der Waals surface area (Å²) in [5.74, 6) is -0.212. The van der Waals surface area contributed by atoms with E-state index in [0.29, 0.717) is 11.3 Å². The van der Waals surface area contributed by atoms with Crippen LogP contribution in [0, 0.1) is 0 Å². The fraction of sp³-hybridized carbons (Fsp3) is 0.400. The molecule has 0 aromatic carbocycles. The lowest BCUT2D eigenvalue weighted by molar-refractivity contribution is 0.0683. The maximum Gasteiger partial charge on any atom is 0.256 e. The Bertz CT molecular complexity index is 354. The highest BCUT2D eigenvalue weighted by Crippen LogP contribution is 2.12. The summed E-state index contributed by atoms with van der Waals surface area (Å²) in [6.45, 7) is 1.68. The fourth-order valence-corrected chi connectivity index (χ4v) is 1.11. The van der Waals surface area contributed by atoms with E-state index in [2.05, 4.69) is 4.98 Å². The molecule has 15 heavy (non-hydrogen) atoms. The summed E-state index contributed by atoms with van der Waals surface area (Å²) in [5, 5.41) is 8.93. The molecular formula is C10H15N3O2. The smallest absolute Gasteiger partial charge is 0.256 e. The minimum Gasteiger partial charge on any atom is -0.397 e. The number of carbonyl (C=O) groups is 1. The third kappa shape index (κ3) is 2.44. The normalized spacial score (nSPS) is 12.2. The van der Waals surface area contributed by atoms with Crippen molar-refractivity contribution in [3.05, 3.63) is 24.0 Å². The van der Waals surface area contributed by atoms with E-state index < -0.39 is 0 Å². The Balaban J connectivity index is 2.90. The molecule has 1 heterocycles. The molecule has 0 saturated carbocycles. The standard InChI is InChI=1S/C10H15N3O2/c1-7(6-14)13(2)10(15)8-3-4-12-5-9(8)11/h3-5,7,14H,6,11H2,1-2H3. The molecule has 1 unspecified atom stereocenters. The van der Waals surface area contributed by atoms with Gasteiger partial charge in [-0.1, -0.05) is 0 Å². The van der Waals surface area contributed by atoms with Crippen LogP contribution in [0.4, 0.5) is 5.69 Å². The molecule has 1 amide bonds. The van der Waals surface area contributed by atoms with Gasteiger partial charge in [0.15, 0.2) is 0 Å². The molecule has 0 fully saturated rings. The van der Waals surface area contributed by atoms with E-state index in [9.17, 15) is 4.79 Å². The van der Waals surface area contributed by atoms with Crippen LogP contribution in [0.3, 0.4) is 0 Å². The number of nitrogen functional groups attached to an aromatic ring is 1. The van der Waals surface area contributed by atoms with Crippen LogP contribution in [-0.4, -0.2) is 40.6 Å². The summed E-state index contributed by atoms with van der Waals surface area (Å²) >= 11 is 0. The van der Waals surface area contributed by atoms with Gasteiger partial charge in [0, 0.05) is 13.2 Å². The lowest BCUT2D eigenvalue weighted by atomic mass is 10.2. The van der Waals surface area contributed by atoms with Crippen molar-refractivity contribution in [2.24, 2.45) is 0 Å². The Labute approximate surface area is 88.5 Å². The summed E-state index contributed by atoms with van der Waals surface area (Å²) in [6.07, 6.45) is 2.95. The van der Waals surface area contributed by atoms with Gasteiger partial charge >= 0.3 is 0 Å². The number of nitrogens with zero attached hydrogens (tertiary/aromatic N) is 2. The van der Waals surface area contributed by atoms with Crippen molar-refractivity contribution in [2.45, 2.75) is 13.0 Å². The summed E-state index contributed by atoms with van der Waals surface area (Å²) in [5.41, 5.74) is 6.39. The molecule has 0 saturated heterocycles. The Morgan fingerprint density at radius 2 is 2.40 bits per heavy atom. The summed E-state index contributed by atoms with van der Waals surface area (Å²) < 4.78 is 0. The van der Waals surface area contributed by atoms with Crippen molar-refractivity contribution in [3.8, 4) is 0 Å². The number of amides is 1. The largest absolute Gasteiger partial charge is 0.397 e. The van der Waals surface area contributed by atoms with Gasteiger partial charge in [0.05, 0.1) is 30.1 Å². The van der Waals surface area contributed by atoms with E-state index in [4.69, 9.17) is 10.8 Å². The fourth-order valence-electron chi connectivity index (χ4n) is 1.11. The van der Waals surface area contributed by atoms with E-state index in [1.807, 2.05) is 0 Å². The van der Waals surface area contributed by atoms with E-state index in [1.54, 1.807) is 20.0 Å². The van der Waals surface area contributed by atoms with Crippen molar-refractivity contribution in [1.29, 1.82) is 0 Å². The van der Waals surface area contributed by atoms with Gasteiger partial charge in [-0.25, -0.2) is 0 Å². The monoisotopic (exact) mass is 209 g/mol. The number of aromatic nitrogens is 1. The van der Waals surface area contributed by atoms with Gasteiger partial charge in [-0.3, -0.25) is 9.78 Å². The minimum atomic E-state index is -0.231. The summed E-state index contributed by atoms with van der Waals surface area (Å²) in [4.78, 5) is 17.1. The lowest BCUT2D eigenvalue weighted by Crippen LogP contribution is -2.37. The van der Waals surface area contributed by atoms with Gasteiger partial charge < -0.3 is 15.7 Å². The van der Waals surface area contributed by atoms with Gasteiger partial charge in [-0.05, 0) is 13.0 Å². The second-order valence-corrected chi connectivity index (χ2v) is 3.41. The molecule has 0 aliphatic rings. The first-order chi connectivity index (χ1) is 7.07. The third-order valence-electron chi connectivity index (χ3n) is 2.33. The second-order valence-electron chi connectivity index (χ2n) is 3.41. The topological polar surface area (TPSA) is 79.5 Å². The predicted molar refractivity (Wildman–Crippen MR) is 57.3 cm³/mol. The molecule has 1 aromatic heterocycles. The highest BCUT2D eigenvalue weighted by atomic mass is 16.3. The van der Waals surface area contributed by atoms with Crippen LogP contribution in [0.25, 0.3) is 0 Å². The first-order valence-corrected chi connectivity index (χ1v) is 4.65. The van der Waals surface area contributed by atoms with Crippen LogP contribution in [0.1, 0.15) is 17.3 Å². The summed E-state index contributed by atoms with van der Waals surface area (Å²) in [7, 11) is 1.63. The Morgan fingerprint density at radius 1 is 1.73 bits per heavy atom. The summed E-state index contributed by atoms with van der Waals surface area (Å²) in [6, 6.07) is 1.34. The molecule has 0 aliphatic carbocycles. The third-order valence-corrected chi connectivity index (χ3v) is 2.33. The number of aliphatic hydroxyl groups excluding tert-OH is 1. The number of hydrogen-bond donors (Lipinski definition) is 2. The molecule has 5 heteroatoms. The SMILES string of the molecule is CC(CO)N(C)C(=O)c1ccncc1N. The quantitative estimate of drug-likeness (QED) is 0.740. The van der Waals surface area contributed by atoms with E-state index >= 15 is 0 Å². The van der Waals surface area contributed by atoms with Crippen LogP contribution in [0.5, 0.6) is 0 Å². The Kier molecular flexibility index (Phi) is 3.62. The van der Waals surface area contributed by atoms with E-state index in [-0.39, 0.29) is 18.6 Å². The van der Waals surface area contributed by atoms with Crippen LogP contribution < -0.4 is 5.73 Å². The minimum absolute atomic E-state index is 0.0762. The Hall–Kier alpha value is -1.62. The molecule has 1 aromatic rings. The van der Waals surface area contributed by atoms with E-state index in [0.717, 1.165) is 0 Å². The van der Waals surface area contributed by atoms with Crippen molar-refractivity contribution >= 4 is 11.6 Å². The van der Waals surface area contributed by atoms with E-state index in [1.165, 1.54) is 17.3 Å². The first-order valence-electron chi connectivity index (χ1n) is 4.65. The Morgan fingerprint density at radius 3 is 2.93 bits per heavy atom. The highest BCUT2D eigenvalue weighted by Gasteiger charge is 2.18. The highest BCUT2D eigenvalue weighted by molar-refractivity contribution is 5.98. The van der Waals surface area contributed by atoms with Crippen LogP contribution in [-0.2, 0) is 0 Å². The molecule has 82 valence electrons. The van der Waals surface area contributed by atoms with Gasteiger partial charge in [-0.2, -0.15) is 0 Å². The molecule has 3 N–H and O–H groups in total. The molecule has 0 bridgehead atoms. The van der Waals surface area contributed by atoms with Gasteiger partial charge in [-0.15, -0.1) is 0 Å². The average Bonchev–Trinajstić information content (AvgIpc) is 2.26. The number of anilines is 1. The number of nitrogens with two attached hydrogens (primary N) is 1. The van der Waals surface area contributed by atoms with Crippen molar-refractivity contribution < 1.29 is 9.90 Å². The predicted octanol–water partition coefficient (Wildman–Crippen LogP) is 0.117. The number of carbonyl (C=O) groups excluding carboxylic acids is 1. The van der Waals surface area contributed by atoms with Gasteiger partial charge in [0.2, 0.25) is 0 Å². The van der Waals surface area contributed by atoms with Crippen LogP contribution in [0.2, 0.25) is 0 Å². The molecule has 0 radical (unpaired) electrons. The zero-order chi connectivity index (χ0) is 11.4. The number of pyridine rings is 1.